The van der Waals surface area contributed by atoms with Crippen LogP contribution in [0.5, 0.6) is 0 Å². The number of aryl methyl sites for hydroxylation is 1. The first-order chi connectivity index (χ1) is 12.0. The predicted molar refractivity (Wildman–Crippen MR) is 94.6 cm³/mol. The lowest BCUT2D eigenvalue weighted by Gasteiger charge is -2.27. The van der Waals surface area contributed by atoms with E-state index < -0.39 is 29.2 Å². The molecule has 0 aliphatic rings. The molecule has 0 heterocycles. The summed E-state index contributed by atoms with van der Waals surface area (Å²) in [5.41, 5.74) is 4.00. The summed E-state index contributed by atoms with van der Waals surface area (Å²) in [6.45, 7) is 6.60. The van der Waals surface area contributed by atoms with Gasteiger partial charge < -0.3 is 14.6 Å². The van der Waals surface area contributed by atoms with Gasteiger partial charge in [0.15, 0.2) is 0 Å². The second-order valence-electron chi connectivity index (χ2n) is 7.08. The van der Waals surface area contributed by atoms with E-state index in [1.807, 2.05) is 0 Å². The standard InChI is InChI=1S/C18H26N2O6/c1-17(2,3)26-16(24)19-20-18(4,15(22)23)11-10-12-6-8-13(9-7-12)14(21)25-5/h6-9,20H,10-11H2,1-5H3,(H,19,24)(H,22,23). The molecular formula is C18H26N2O6. The third-order valence-electron chi connectivity index (χ3n) is 3.60. The zero-order valence-corrected chi connectivity index (χ0v) is 15.7. The number of methoxy groups -OCH3 is 1. The van der Waals surface area contributed by atoms with Crippen molar-refractivity contribution in [1.29, 1.82) is 0 Å². The van der Waals surface area contributed by atoms with Gasteiger partial charge in [0, 0.05) is 0 Å². The number of amides is 1. The minimum Gasteiger partial charge on any atom is -0.480 e. The van der Waals surface area contributed by atoms with Crippen LogP contribution in [0.15, 0.2) is 24.3 Å². The quantitative estimate of drug-likeness (QED) is 0.501. The molecule has 0 spiro atoms. The maximum absolute atomic E-state index is 11.7. The third kappa shape index (κ3) is 6.72. The Morgan fingerprint density at radius 2 is 1.65 bits per heavy atom. The summed E-state index contributed by atoms with van der Waals surface area (Å²) in [6, 6.07) is 6.70. The number of aliphatic carboxylic acids is 1. The molecule has 0 fully saturated rings. The molecule has 0 aliphatic heterocycles. The van der Waals surface area contributed by atoms with Crippen LogP contribution in [0.1, 0.15) is 50.0 Å². The van der Waals surface area contributed by atoms with Crippen LogP contribution in [0.25, 0.3) is 0 Å². The largest absolute Gasteiger partial charge is 0.480 e. The number of carbonyl (C=O) groups is 3. The van der Waals surface area contributed by atoms with E-state index in [1.54, 1.807) is 45.0 Å². The van der Waals surface area contributed by atoms with Crippen LogP contribution in [0.2, 0.25) is 0 Å². The highest BCUT2D eigenvalue weighted by molar-refractivity contribution is 5.89. The van der Waals surface area contributed by atoms with Gasteiger partial charge in [0.2, 0.25) is 0 Å². The van der Waals surface area contributed by atoms with Crippen molar-refractivity contribution >= 4 is 18.0 Å². The molecule has 1 rings (SSSR count). The average molecular weight is 366 g/mol. The number of ether oxygens (including phenoxy) is 2. The van der Waals surface area contributed by atoms with Crippen molar-refractivity contribution in [2.24, 2.45) is 0 Å². The Bertz CT molecular complexity index is 651. The fraction of sp³-hybridized carbons (Fsp3) is 0.500. The highest BCUT2D eigenvalue weighted by Gasteiger charge is 2.33. The minimum absolute atomic E-state index is 0.204. The second kappa shape index (κ2) is 8.66. The zero-order chi connectivity index (χ0) is 20.0. The maximum atomic E-state index is 11.7. The van der Waals surface area contributed by atoms with Gasteiger partial charge in [0.25, 0.3) is 0 Å². The van der Waals surface area contributed by atoms with E-state index in [9.17, 15) is 19.5 Å². The molecule has 0 saturated heterocycles. The Morgan fingerprint density at radius 3 is 2.12 bits per heavy atom. The SMILES string of the molecule is COC(=O)c1ccc(CCC(C)(NNC(=O)OC(C)(C)C)C(=O)O)cc1. The summed E-state index contributed by atoms with van der Waals surface area (Å²) < 4.78 is 9.70. The minimum atomic E-state index is -1.39. The molecule has 1 amide bonds. The van der Waals surface area contributed by atoms with Crippen molar-refractivity contribution in [2.75, 3.05) is 7.11 Å². The lowest BCUT2D eigenvalue weighted by molar-refractivity contribution is -0.144. The molecule has 8 heteroatoms. The number of carbonyl (C=O) groups excluding carboxylic acids is 2. The van der Waals surface area contributed by atoms with E-state index in [0.29, 0.717) is 12.0 Å². The molecular weight excluding hydrogens is 340 g/mol. The molecule has 1 aromatic rings. The Morgan fingerprint density at radius 1 is 1.08 bits per heavy atom. The van der Waals surface area contributed by atoms with Crippen molar-refractivity contribution in [1.82, 2.24) is 10.9 Å². The van der Waals surface area contributed by atoms with Crippen molar-refractivity contribution in [2.45, 2.75) is 51.7 Å². The zero-order valence-electron chi connectivity index (χ0n) is 15.7. The fourth-order valence-corrected chi connectivity index (χ4v) is 2.04. The maximum Gasteiger partial charge on any atom is 0.422 e. The number of hydrogen-bond acceptors (Lipinski definition) is 6. The predicted octanol–water partition coefficient (Wildman–Crippen LogP) is 2.28. The summed E-state index contributed by atoms with van der Waals surface area (Å²) in [4.78, 5) is 34.7. The molecule has 0 aliphatic carbocycles. The number of hydrazine groups is 1. The Kier molecular flexibility index (Phi) is 7.14. The lowest BCUT2D eigenvalue weighted by Crippen LogP contribution is -2.58. The number of rotatable bonds is 7. The summed E-state index contributed by atoms with van der Waals surface area (Å²) in [7, 11) is 1.30. The van der Waals surface area contributed by atoms with Crippen LogP contribution < -0.4 is 10.9 Å². The van der Waals surface area contributed by atoms with Crippen LogP contribution in [0.4, 0.5) is 4.79 Å². The molecule has 8 nitrogen and oxygen atoms in total. The van der Waals surface area contributed by atoms with Crippen LogP contribution >= 0.6 is 0 Å². The van der Waals surface area contributed by atoms with E-state index in [4.69, 9.17) is 4.74 Å². The Hall–Kier alpha value is -2.61. The molecule has 26 heavy (non-hydrogen) atoms. The van der Waals surface area contributed by atoms with E-state index in [-0.39, 0.29) is 6.42 Å². The van der Waals surface area contributed by atoms with Crippen molar-refractivity contribution in [3.8, 4) is 0 Å². The van der Waals surface area contributed by atoms with Gasteiger partial charge in [-0.25, -0.2) is 15.0 Å². The van der Waals surface area contributed by atoms with Gasteiger partial charge in [-0.05, 0) is 58.2 Å². The molecule has 0 aromatic heterocycles. The Balaban J connectivity index is 2.68. The average Bonchev–Trinajstić information content (AvgIpc) is 2.56. The Labute approximate surface area is 152 Å². The highest BCUT2D eigenvalue weighted by Crippen LogP contribution is 2.16. The van der Waals surface area contributed by atoms with Gasteiger partial charge in [-0.1, -0.05) is 12.1 Å². The number of carboxylic acids is 1. The normalized spacial score (nSPS) is 13.4. The van der Waals surface area contributed by atoms with Gasteiger partial charge in [0.05, 0.1) is 12.7 Å². The number of carboxylic acid groups (broad SMARTS) is 1. The van der Waals surface area contributed by atoms with Crippen LogP contribution in [0.3, 0.4) is 0 Å². The number of benzene rings is 1. The molecule has 1 atom stereocenters. The summed E-state index contributed by atoms with van der Waals surface area (Å²) >= 11 is 0. The first-order valence-corrected chi connectivity index (χ1v) is 8.14. The topological polar surface area (TPSA) is 114 Å². The molecule has 1 aromatic carbocycles. The van der Waals surface area contributed by atoms with Crippen LogP contribution in [-0.4, -0.2) is 41.4 Å². The molecule has 0 bridgehead atoms. The highest BCUT2D eigenvalue weighted by atomic mass is 16.6. The van der Waals surface area contributed by atoms with E-state index in [1.165, 1.54) is 14.0 Å². The smallest absolute Gasteiger partial charge is 0.422 e. The van der Waals surface area contributed by atoms with Gasteiger partial charge in [-0.15, -0.1) is 0 Å². The first kappa shape index (κ1) is 21.4. The number of nitrogens with one attached hydrogen (secondary N) is 2. The van der Waals surface area contributed by atoms with E-state index in [2.05, 4.69) is 15.6 Å². The van der Waals surface area contributed by atoms with Crippen molar-refractivity contribution in [3.05, 3.63) is 35.4 Å². The lowest BCUT2D eigenvalue weighted by atomic mass is 9.94. The second-order valence-corrected chi connectivity index (χ2v) is 7.08. The summed E-state index contributed by atoms with van der Waals surface area (Å²) in [5, 5.41) is 9.49. The molecule has 0 saturated carbocycles. The molecule has 3 N–H and O–H groups in total. The summed E-state index contributed by atoms with van der Waals surface area (Å²) in [5.74, 6) is -1.55. The fourth-order valence-electron chi connectivity index (χ4n) is 2.04. The molecule has 1 unspecified atom stereocenters. The number of esters is 1. The van der Waals surface area contributed by atoms with Crippen molar-refractivity contribution in [3.63, 3.8) is 0 Å². The van der Waals surface area contributed by atoms with Crippen LogP contribution in [-0.2, 0) is 20.7 Å². The van der Waals surface area contributed by atoms with Gasteiger partial charge in [0.1, 0.15) is 11.1 Å². The first-order valence-electron chi connectivity index (χ1n) is 8.14. The monoisotopic (exact) mass is 366 g/mol. The van der Waals surface area contributed by atoms with Crippen molar-refractivity contribution < 1.29 is 29.0 Å². The third-order valence-corrected chi connectivity index (χ3v) is 3.60. The van der Waals surface area contributed by atoms with Gasteiger partial charge in [-0.2, -0.15) is 0 Å². The van der Waals surface area contributed by atoms with Gasteiger partial charge >= 0.3 is 18.0 Å². The summed E-state index contributed by atoms with van der Waals surface area (Å²) in [6.07, 6.45) is -0.129. The molecule has 0 radical (unpaired) electrons. The van der Waals surface area contributed by atoms with Crippen LogP contribution in [0, 0.1) is 0 Å². The molecule has 144 valence electrons. The van der Waals surface area contributed by atoms with E-state index in [0.717, 1.165) is 5.56 Å². The number of hydrogen-bond donors (Lipinski definition) is 3. The van der Waals surface area contributed by atoms with Gasteiger partial charge in [-0.3, -0.25) is 10.2 Å². The van der Waals surface area contributed by atoms with E-state index >= 15 is 0 Å².